The number of halogens is 1. The van der Waals surface area contributed by atoms with Gasteiger partial charge in [-0.1, -0.05) is 24.6 Å². The predicted molar refractivity (Wildman–Crippen MR) is 111 cm³/mol. The molecule has 2 aromatic carbocycles. The molecule has 2 aromatic rings. The van der Waals surface area contributed by atoms with E-state index < -0.39 is 18.0 Å². The standard InChI is InChI=1S/C22H24ClNO5/c1-3-13-28-19-9-7-16(8-10-19)20(25)11-12-21(26)29-15(2)22(27)24-18-6-4-5-17(23)14-18/h4-10,14-15H,3,11-13H2,1-2H3,(H,24,27)/t15-/m1/s1. The van der Waals surface area contributed by atoms with Gasteiger partial charge in [-0.2, -0.15) is 0 Å². The van der Waals surface area contributed by atoms with Crippen LogP contribution in [0.3, 0.4) is 0 Å². The highest BCUT2D eigenvalue weighted by Gasteiger charge is 2.19. The number of carbonyl (C=O) groups excluding carboxylic acids is 3. The van der Waals surface area contributed by atoms with E-state index in [1.54, 1.807) is 48.5 Å². The van der Waals surface area contributed by atoms with Crippen LogP contribution in [0, 0.1) is 0 Å². The Bertz CT molecular complexity index is 851. The van der Waals surface area contributed by atoms with Crippen LogP contribution in [-0.2, 0) is 14.3 Å². The monoisotopic (exact) mass is 417 g/mol. The number of nitrogens with one attached hydrogen (secondary N) is 1. The summed E-state index contributed by atoms with van der Waals surface area (Å²) in [6, 6.07) is 13.4. The summed E-state index contributed by atoms with van der Waals surface area (Å²) in [6.45, 7) is 4.09. The van der Waals surface area contributed by atoms with E-state index in [0.29, 0.717) is 28.6 Å². The van der Waals surface area contributed by atoms with E-state index in [-0.39, 0.29) is 18.6 Å². The van der Waals surface area contributed by atoms with Gasteiger partial charge >= 0.3 is 5.97 Å². The Morgan fingerprint density at radius 2 is 1.79 bits per heavy atom. The molecule has 7 heteroatoms. The largest absolute Gasteiger partial charge is 0.494 e. The van der Waals surface area contributed by atoms with E-state index in [4.69, 9.17) is 21.1 Å². The van der Waals surface area contributed by atoms with Gasteiger partial charge in [0.1, 0.15) is 5.75 Å². The summed E-state index contributed by atoms with van der Waals surface area (Å²) in [5.74, 6) is -0.577. The van der Waals surface area contributed by atoms with Crippen molar-refractivity contribution >= 4 is 34.9 Å². The van der Waals surface area contributed by atoms with Gasteiger partial charge in [0.25, 0.3) is 5.91 Å². The first-order chi connectivity index (χ1) is 13.9. The molecule has 0 heterocycles. The zero-order valence-corrected chi connectivity index (χ0v) is 17.2. The quantitative estimate of drug-likeness (QED) is 0.449. The molecule has 0 aliphatic rings. The van der Waals surface area contributed by atoms with Crippen molar-refractivity contribution in [1.29, 1.82) is 0 Å². The minimum atomic E-state index is -0.994. The first-order valence-electron chi connectivity index (χ1n) is 9.41. The lowest BCUT2D eigenvalue weighted by Gasteiger charge is -2.13. The van der Waals surface area contributed by atoms with Gasteiger partial charge in [0.15, 0.2) is 11.9 Å². The Morgan fingerprint density at radius 1 is 1.07 bits per heavy atom. The molecular formula is C22H24ClNO5. The molecule has 0 unspecified atom stereocenters. The minimum absolute atomic E-state index is 0.00334. The van der Waals surface area contributed by atoms with E-state index in [0.717, 1.165) is 6.42 Å². The van der Waals surface area contributed by atoms with E-state index in [2.05, 4.69) is 5.32 Å². The highest BCUT2D eigenvalue weighted by molar-refractivity contribution is 6.30. The summed E-state index contributed by atoms with van der Waals surface area (Å²) in [6.07, 6.45) is -0.206. The van der Waals surface area contributed by atoms with Crippen molar-refractivity contribution in [3.63, 3.8) is 0 Å². The van der Waals surface area contributed by atoms with E-state index in [9.17, 15) is 14.4 Å². The number of ketones is 1. The Balaban J connectivity index is 1.77. The van der Waals surface area contributed by atoms with Crippen molar-refractivity contribution in [1.82, 2.24) is 0 Å². The van der Waals surface area contributed by atoms with Crippen LogP contribution < -0.4 is 10.1 Å². The molecule has 1 atom stereocenters. The average Bonchev–Trinajstić information content (AvgIpc) is 2.70. The summed E-state index contributed by atoms with van der Waals surface area (Å²) >= 11 is 5.87. The van der Waals surface area contributed by atoms with Gasteiger partial charge < -0.3 is 14.8 Å². The molecule has 29 heavy (non-hydrogen) atoms. The van der Waals surface area contributed by atoms with Crippen LogP contribution in [0.1, 0.15) is 43.5 Å². The Labute approximate surface area is 175 Å². The number of hydrogen-bond donors (Lipinski definition) is 1. The van der Waals surface area contributed by atoms with Crippen LogP contribution in [-0.4, -0.2) is 30.4 Å². The molecular weight excluding hydrogens is 394 g/mol. The normalized spacial score (nSPS) is 11.4. The van der Waals surface area contributed by atoms with Gasteiger partial charge in [-0.15, -0.1) is 0 Å². The molecule has 0 radical (unpaired) electrons. The second kappa shape index (κ2) is 11.2. The van der Waals surface area contributed by atoms with Crippen molar-refractivity contribution in [2.45, 2.75) is 39.2 Å². The zero-order valence-electron chi connectivity index (χ0n) is 16.4. The third-order valence-corrected chi connectivity index (χ3v) is 4.21. The van der Waals surface area contributed by atoms with Crippen molar-refractivity contribution < 1.29 is 23.9 Å². The van der Waals surface area contributed by atoms with Crippen LogP contribution in [0.5, 0.6) is 5.75 Å². The molecule has 154 valence electrons. The Hall–Kier alpha value is -2.86. The van der Waals surface area contributed by atoms with Gasteiger partial charge in [-0.25, -0.2) is 0 Å². The number of benzene rings is 2. The van der Waals surface area contributed by atoms with Gasteiger partial charge in [0.05, 0.1) is 13.0 Å². The van der Waals surface area contributed by atoms with Gasteiger partial charge in [0.2, 0.25) is 0 Å². The lowest BCUT2D eigenvalue weighted by Crippen LogP contribution is -2.30. The van der Waals surface area contributed by atoms with Crippen LogP contribution in [0.15, 0.2) is 48.5 Å². The number of anilines is 1. The molecule has 2 rings (SSSR count). The maximum Gasteiger partial charge on any atom is 0.307 e. The molecule has 1 amide bonds. The number of rotatable bonds is 10. The predicted octanol–water partition coefficient (Wildman–Crippen LogP) is 4.66. The minimum Gasteiger partial charge on any atom is -0.494 e. The van der Waals surface area contributed by atoms with Crippen LogP contribution in [0.25, 0.3) is 0 Å². The lowest BCUT2D eigenvalue weighted by atomic mass is 10.1. The van der Waals surface area contributed by atoms with E-state index in [1.807, 2.05) is 6.92 Å². The maximum atomic E-state index is 12.2. The van der Waals surface area contributed by atoms with Gasteiger partial charge in [-0.05, 0) is 55.8 Å². The highest BCUT2D eigenvalue weighted by atomic mass is 35.5. The third kappa shape index (κ3) is 7.58. The summed E-state index contributed by atoms with van der Waals surface area (Å²) in [5.41, 5.74) is 1.00. The smallest absolute Gasteiger partial charge is 0.307 e. The first kappa shape index (κ1) is 22.4. The zero-order chi connectivity index (χ0) is 21.2. The second-order valence-corrected chi connectivity index (χ2v) is 6.86. The lowest BCUT2D eigenvalue weighted by molar-refractivity contribution is -0.153. The van der Waals surface area contributed by atoms with Crippen molar-refractivity contribution in [2.24, 2.45) is 0 Å². The maximum absolute atomic E-state index is 12.2. The highest BCUT2D eigenvalue weighted by Crippen LogP contribution is 2.16. The number of Topliss-reactive ketones (excluding diaryl/α,β-unsaturated/α-hetero) is 1. The van der Waals surface area contributed by atoms with Crippen molar-refractivity contribution in [3.05, 3.63) is 59.1 Å². The second-order valence-electron chi connectivity index (χ2n) is 6.43. The Morgan fingerprint density at radius 3 is 2.45 bits per heavy atom. The summed E-state index contributed by atoms with van der Waals surface area (Å²) in [5, 5.41) is 3.10. The number of hydrogen-bond acceptors (Lipinski definition) is 5. The number of carbonyl (C=O) groups is 3. The van der Waals surface area contributed by atoms with Crippen molar-refractivity contribution in [3.8, 4) is 5.75 Å². The molecule has 0 aliphatic carbocycles. The fourth-order valence-electron chi connectivity index (χ4n) is 2.44. The molecule has 0 fully saturated rings. The molecule has 0 saturated heterocycles. The molecule has 0 bridgehead atoms. The first-order valence-corrected chi connectivity index (χ1v) is 9.78. The van der Waals surface area contributed by atoms with Crippen molar-refractivity contribution in [2.75, 3.05) is 11.9 Å². The number of esters is 1. The molecule has 0 saturated carbocycles. The summed E-state index contributed by atoms with van der Waals surface area (Å²) in [4.78, 5) is 36.3. The van der Waals surface area contributed by atoms with Crippen LogP contribution in [0.4, 0.5) is 5.69 Å². The van der Waals surface area contributed by atoms with E-state index in [1.165, 1.54) is 6.92 Å². The molecule has 0 aromatic heterocycles. The fraction of sp³-hybridized carbons (Fsp3) is 0.318. The van der Waals surface area contributed by atoms with Crippen LogP contribution >= 0.6 is 11.6 Å². The summed E-state index contributed by atoms with van der Waals surface area (Å²) < 4.78 is 10.6. The average molecular weight is 418 g/mol. The molecule has 1 N–H and O–H groups in total. The SMILES string of the molecule is CCCOc1ccc(C(=O)CCC(=O)O[C@H](C)C(=O)Nc2cccc(Cl)c2)cc1. The van der Waals surface area contributed by atoms with Gasteiger partial charge in [0, 0.05) is 22.7 Å². The molecule has 6 nitrogen and oxygen atoms in total. The van der Waals surface area contributed by atoms with Crippen LogP contribution in [0.2, 0.25) is 5.02 Å². The topological polar surface area (TPSA) is 81.7 Å². The van der Waals surface area contributed by atoms with E-state index >= 15 is 0 Å². The Kier molecular flexibility index (Phi) is 8.68. The number of amides is 1. The molecule has 0 aliphatic heterocycles. The summed E-state index contributed by atoms with van der Waals surface area (Å²) in [7, 11) is 0. The van der Waals surface area contributed by atoms with Gasteiger partial charge in [-0.3, -0.25) is 14.4 Å². The molecule has 0 spiro atoms. The third-order valence-electron chi connectivity index (χ3n) is 3.97. The fourth-order valence-corrected chi connectivity index (χ4v) is 2.63. The number of ether oxygens (including phenoxy) is 2.